The normalized spacial score (nSPS) is 21.1. The van der Waals surface area contributed by atoms with Gasteiger partial charge >= 0.3 is 95.5 Å². The average molecular weight is 396 g/mol. The van der Waals surface area contributed by atoms with E-state index in [1.807, 2.05) is 0 Å². The summed E-state index contributed by atoms with van der Waals surface area (Å²) in [7, 11) is 0. The topological polar surface area (TPSA) is 0 Å². The first kappa shape index (κ1) is 10.6. The van der Waals surface area contributed by atoms with Gasteiger partial charge in [0.2, 0.25) is 0 Å². The minimum atomic E-state index is 0.473. The Morgan fingerprint density at radius 1 is 1.82 bits per heavy atom. The molecule has 0 fully saturated rings. The third-order valence-electron chi connectivity index (χ3n) is 1.29. The van der Waals surface area contributed by atoms with Gasteiger partial charge in [-0.1, -0.05) is 0 Å². The van der Waals surface area contributed by atoms with Gasteiger partial charge in [0.1, 0.15) is 0 Å². The molecule has 0 N–H and O–H groups in total. The maximum absolute atomic E-state index is 2.48. The van der Waals surface area contributed by atoms with Crippen LogP contribution in [0.2, 0.25) is 0 Å². The van der Waals surface area contributed by atoms with E-state index in [0.29, 0.717) is 42.4 Å². The second-order valence-electron chi connectivity index (χ2n) is 2.20. The van der Waals surface area contributed by atoms with Gasteiger partial charge in [-0.2, -0.15) is 0 Å². The molecule has 1 aliphatic rings. The summed E-state index contributed by atoms with van der Waals surface area (Å²) in [5.74, 6) is 0. The first-order valence-corrected chi connectivity index (χ1v) is 10.1. The summed E-state index contributed by atoms with van der Waals surface area (Å²) in [5.41, 5.74) is 0. The Hall–Kier alpha value is 1.55. The monoisotopic (exact) mass is 396 g/mol. The van der Waals surface area contributed by atoms with E-state index in [9.17, 15) is 0 Å². The van der Waals surface area contributed by atoms with Gasteiger partial charge in [0.05, 0.1) is 0 Å². The molecule has 0 amide bonds. The van der Waals surface area contributed by atoms with Crippen LogP contribution < -0.4 is 42.4 Å². The number of hydrogen-bond donors (Lipinski definition) is 0. The molecule has 68 valence electrons. The summed E-state index contributed by atoms with van der Waals surface area (Å²) in [5, 5.41) is 0. The zero-order valence-electron chi connectivity index (χ0n) is 6.94. The van der Waals surface area contributed by atoms with Gasteiger partial charge in [0, 0.05) is 0 Å². The molecule has 1 heterocycles. The number of hydrogen-bond acceptors (Lipinski definition) is 1. The Labute approximate surface area is 94.5 Å². The van der Waals surface area contributed by atoms with E-state index in [1.54, 1.807) is 2.91 Å². The second kappa shape index (κ2) is 6.07. The zero-order valence-corrected chi connectivity index (χ0v) is 12.1. The van der Waals surface area contributed by atoms with Crippen LogP contribution in [0.25, 0.3) is 0 Å². The maximum atomic E-state index is 2.48. The van der Waals surface area contributed by atoms with Gasteiger partial charge in [-0.3, -0.25) is 0 Å². The third kappa shape index (κ3) is 4.36. The standard InChI is InChI=1S/C8H14I2S/c1-3-9-7(2)11-8-5-4-6-10-8/h5,7H,3-4,6H2,1-2H3/q-2. The van der Waals surface area contributed by atoms with Crippen LogP contribution in [0.4, 0.5) is 0 Å². The van der Waals surface area contributed by atoms with Crippen LogP contribution in [0.5, 0.6) is 0 Å². The molecule has 0 bridgehead atoms. The van der Waals surface area contributed by atoms with Crippen molar-refractivity contribution in [1.29, 1.82) is 0 Å². The summed E-state index contributed by atoms with van der Waals surface area (Å²) in [6.45, 7) is 4.73. The molecule has 0 spiro atoms. The van der Waals surface area contributed by atoms with Crippen LogP contribution in [0.15, 0.2) is 8.99 Å². The molecule has 1 aliphatic heterocycles. The van der Waals surface area contributed by atoms with Crippen LogP contribution >= 0.6 is 11.8 Å². The van der Waals surface area contributed by atoms with Crippen molar-refractivity contribution in [3.05, 3.63) is 8.99 Å². The molecular formula is C8H14I2S-2. The van der Waals surface area contributed by atoms with Crippen molar-refractivity contribution in [2.75, 3.05) is 8.86 Å². The molecule has 1 unspecified atom stereocenters. The van der Waals surface area contributed by atoms with Crippen LogP contribution in [-0.4, -0.2) is 12.1 Å². The predicted octanol–water partition coefficient (Wildman–Crippen LogP) is -3.49. The van der Waals surface area contributed by atoms with Gasteiger partial charge in [0.25, 0.3) is 0 Å². The number of rotatable bonds is 4. The fourth-order valence-electron chi connectivity index (χ4n) is 0.854. The molecule has 0 aromatic heterocycles. The Morgan fingerprint density at radius 2 is 2.64 bits per heavy atom. The van der Waals surface area contributed by atoms with Gasteiger partial charge in [-0.05, 0) is 0 Å². The number of halogens is 2. The second-order valence-corrected chi connectivity index (χ2v) is 12.4. The summed E-state index contributed by atoms with van der Waals surface area (Å²) in [4.78, 5) is 0. The Bertz CT molecular complexity index is 145. The number of alkyl halides is 3. The van der Waals surface area contributed by atoms with Crippen molar-refractivity contribution >= 4 is 11.8 Å². The van der Waals surface area contributed by atoms with Crippen molar-refractivity contribution in [1.82, 2.24) is 0 Å². The molecule has 0 saturated heterocycles. The van der Waals surface area contributed by atoms with Crippen molar-refractivity contribution in [3.63, 3.8) is 0 Å². The van der Waals surface area contributed by atoms with E-state index < -0.39 is 0 Å². The summed E-state index contributed by atoms with van der Waals surface area (Å²) >= 11 is 3.15. The SMILES string of the molecule is CC[I-]C(C)SC1=CCC[I-]1. The summed E-state index contributed by atoms with van der Waals surface area (Å²) in [6.07, 6.45) is 3.86. The molecule has 1 rings (SSSR count). The molecule has 0 aromatic rings. The number of allylic oxidation sites excluding steroid dienone is 1. The molecule has 0 saturated carbocycles. The van der Waals surface area contributed by atoms with E-state index in [4.69, 9.17) is 0 Å². The zero-order chi connectivity index (χ0) is 8.10. The van der Waals surface area contributed by atoms with Gasteiger partial charge in [-0.25, -0.2) is 0 Å². The molecule has 3 heteroatoms. The van der Waals surface area contributed by atoms with Crippen LogP contribution in [0, 0.1) is 0 Å². The third-order valence-corrected chi connectivity index (χ3v) is 9.58. The number of thioether (sulfide) groups is 1. The van der Waals surface area contributed by atoms with E-state index in [2.05, 4.69) is 31.7 Å². The first-order valence-electron chi connectivity index (χ1n) is 3.86. The first-order chi connectivity index (χ1) is 5.33. The molecule has 11 heavy (non-hydrogen) atoms. The van der Waals surface area contributed by atoms with E-state index >= 15 is 0 Å². The molecular weight excluding hydrogens is 382 g/mol. The molecule has 1 atom stereocenters. The minimum absolute atomic E-state index is 0.473. The Morgan fingerprint density at radius 3 is 3.18 bits per heavy atom. The predicted molar refractivity (Wildman–Crippen MR) is 45.2 cm³/mol. The molecule has 0 radical (unpaired) electrons. The quantitative estimate of drug-likeness (QED) is 0.352. The molecule has 0 nitrogen and oxygen atoms in total. The van der Waals surface area contributed by atoms with E-state index in [1.165, 1.54) is 15.3 Å². The summed E-state index contributed by atoms with van der Waals surface area (Å²) < 4.78 is 5.71. The van der Waals surface area contributed by atoms with Crippen LogP contribution in [0.1, 0.15) is 20.3 Å². The van der Waals surface area contributed by atoms with E-state index in [-0.39, 0.29) is 0 Å². The van der Waals surface area contributed by atoms with Crippen molar-refractivity contribution in [2.24, 2.45) is 0 Å². The van der Waals surface area contributed by atoms with Crippen molar-refractivity contribution in [3.8, 4) is 0 Å². The molecule has 0 aromatic carbocycles. The average Bonchev–Trinajstić information content (AvgIpc) is 2.40. The van der Waals surface area contributed by atoms with Crippen molar-refractivity contribution < 1.29 is 42.4 Å². The fourth-order valence-corrected chi connectivity index (χ4v) is 10.4. The van der Waals surface area contributed by atoms with E-state index in [0.717, 1.165) is 3.26 Å². The van der Waals surface area contributed by atoms with Gasteiger partial charge in [0.15, 0.2) is 0 Å². The Balaban J connectivity index is 2.18. The van der Waals surface area contributed by atoms with Crippen LogP contribution in [-0.2, 0) is 0 Å². The van der Waals surface area contributed by atoms with Gasteiger partial charge in [-0.15, -0.1) is 0 Å². The molecule has 0 aliphatic carbocycles. The van der Waals surface area contributed by atoms with Crippen LogP contribution in [0.3, 0.4) is 0 Å². The van der Waals surface area contributed by atoms with Gasteiger partial charge < -0.3 is 0 Å². The Kier molecular flexibility index (Phi) is 5.87. The van der Waals surface area contributed by atoms with Crippen molar-refractivity contribution in [2.45, 2.75) is 23.5 Å². The fraction of sp³-hybridized carbons (Fsp3) is 0.750. The summed E-state index contributed by atoms with van der Waals surface area (Å²) in [6, 6.07) is 0.